The van der Waals surface area contributed by atoms with Crippen LogP contribution in [0.5, 0.6) is 0 Å². The molecular formula is C18H27NO. The average molecular weight is 273 g/mol. The van der Waals surface area contributed by atoms with E-state index in [0.29, 0.717) is 12.5 Å². The van der Waals surface area contributed by atoms with Gasteiger partial charge < -0.3 is 10.8 Å². The molecule has 20 heavy (non-hydrogen) atoms. The topological polar surface area (TPSA) is 46.2 Å². The number of fused-ring (bicyclic) bond motifs is 1. The lowest BCUT2D eigenvalue weighted by Gasteiger charge is -2.45. The van der Waals surface area contributed by atoms with Gasteiger partial charge in [-0.3, -0.25) is 0 Å². The van der Waals surface area contributed by atoms with Crippen molar-refractivity contribution in [1.82, 2.24) is 0 Å². The van der Waals surface area contributed by atoms with E-state index < -0.39 is 0 Å². The third-order valence-electron chi connectivity index (χ3n) is 5.68. The van der Waals surface area contributed by atoms with Crippen LogP contribution in [0, 0.1) is 11.3 Å². The van der Waals surface area contributed by atoms with Gasteiger partial charge in [-0.25, -0.2) is 0 Å². The number of aliphatic hydroxyl groups is 1. The van der Waals surface area contributed by atoms with E-state index in [1.807, 2.05) is 0 Å². The van der Waals surface area contributed by atoms with Gasteiger partial charge in [0, 0.05) is 12.0 Å². The minimum absolute atomic E-state index is 0.0869. The molecule has 0 heterocycles. The van der Waals surface area contributed by atoms with Crippen molar-refractivity contribution in [3.05, 3.63) is 35.4 Å². The molecule has 2 unspecified atom stereocenters. The molecule has 2 heteroatoms. The Morgan fingerprint density at radius 2 is 1.85 bits per heavy atom. The quantitative estimate of drug-likeness (QED) is 0.889. The lowest BCUT2D eigenvalue weighted by molar-refractivity contribution is -0.0344. The minimum atomic E-state index is -0.221. The van der Waals surface area contributed by atoms with E-state index in [-0.39, 0.29) is 11.5 Å². The number of hydrogen-bond donors (Lipinski definition) is 2. The number of aliphatic hydroxyl groups excluding tert-OH is 1. The minimum Gasteiger partial charge on any atom is -0.392 e. The number of rotatable bonds is 3. The highest BCUT2D eigenvalue weighted by Gasteiger charge is 2.43. The molecule has 110 valence electrons. The van der Waals surface area contributed by atoms with E-state index in [4.69, 9.17) is 5.73 Å². The van der Waals surface area contributed by atoms with E-state index in [1.165, 1.54) is 43.2 Å². The van der Waals surface area contributed by atoms with Crippen LogP contribution in [0.3, 0.4) is 0 Å². The molecule has 3 rings (SSSR count). The largest absolute Gasteiger partial charge is 0.392 e. The Morgan fingerprint density at radius 3 is 2.55 bits per heavy atom. The predicted molar refractivity (Wildman–Crippen MR) is 82.5 cm³/mol. The standard InChI is InChI=1S/C18H27NO/c19-13-18(17(20)15-7-2-1-3-8-15)11-10-14-6-4-5-9-16(14)12-18/h4-6,9,15,17,20H,1-3,7-8,10-13,19H2. The van der Waals surface area contributed by atoms with Crippen LogP contribution in [0.4, 0.5) is 0 Å². The molecule has 2 atom stereocenters. The summed E-state index contributed by atoms with van der Waals surface area (Å²) in [4.78, 5) is 0. The van der Waals surface area contributed by atoms with Crippen molar-refractivity contribution >= 4 is 0 Å². The maximum Gasteiger partial charge on any atom is 0.0639 e. The summed E-state index contributed by atoms with van der Waals surface area (Å²) in [5.74, 6) is 0.470. The Kier molecular flexibility index (Phi) is 4.13. The Morgan fingerprint density at radius 1 is 1.15 bits per heavy atom. The molecule has 0 amide bonds. The van der Waals surface area contributed by atoms with E-state index in [0.717, 1.165) is 19.3 Å². The molecule has 1 saturated carbocycles. The summed E-state index contributed by atoms with van der Waals surface area (Å²) in [6, 6.07) is 8.67. The van der Waals surface area contributed by atoms with Crippen LogP contribution in [0.25, 0.3) is 0 Å². The normalized spacial score (nSPS) is 28.9. The number of aryl methyl sites for hydroxylation is 1. The second-order valence-corrected chi connectivity index (χ2v) is 6.85. The molecule has 1 fully saturated rings. The third kappa shape index (κ3) is 2.51. The van der Waals surface area contributed by atoms with Crippen molar-refractivity contribution in [2.24, 2.45) is 17.1 Å². The first kappa shape index (κ1) is 14.1. The molecule has 1 aromatic rings. The summed E-state index contributed by atoms with van der Waals surface area (Å²) in [5.41, 5.74) is 8.91. The molecule has 0 spiro atoms. The van der Waals surface area contributed by atoms with Gasteiger partial charge in [-0.15, -0.1) is 0 Å². The monoisotopic (exact) mass is 273 g/mol. The fraction of sp³-hybridized carbons (Fsp3) is 0.667. The summed E-state index contributed by atoms with van der Waals surface area (Å²) < 4.78 is 0. The zero-order chi connectivity index (χ0) is 14.0. The molecule has 2 aliphatic carbocycles. The summed E-state index contributed by atoms with van der Waals surface area (Å²) in [6.45, 7) is 0.610. The van der Waals surface area contributed by atoms with Gasteiger partial charge in [0.05, 0.1) is 6.10 Å². The van der Waals surface area contributed by atoms with Crippen LogP contribution in [0.2, 0.25) is 0 Å². The molecule has 0 radical (unpaired) electrons. The highest BCUT2D eigenvalue weighted by atomic mass is 16.3. The fourth-order valence-electron chi connectivity index (χ4n) is 4.32. The van der Waals surface area contributed by atoms with Crippen molar-refractivity contribution in [1.29, 1.82) is 0 Å². The highest BCUT2D eigenvalue weighted by molar-refractivity contribution is 5.31. The first-order valence-corrected chi connectivity index (χ1v) is 8.20. The van der Waals surface area contributed by atoms with E-state index in [1.54, 1.807) is 0 Å². The van der Waals surface area contributed by atoms with Gasteiger partial charge >= 0.3 is 0 Å². The summed E-state index contributed by atoms with van der Waals surface area (Å²) in [7, 11) is 0. The van der Waals surface area contributed by atoms with E-state index in [9.17, 15) is 5.11 Å². The molecular weight excluding hydrogens is 246 g/mol. The average Bonchev–Trinajstić information content (AvgIpc) is 2.54. The van der Waals surface area contributed by atoms with Gasteiger partial charge in [-0.2, -0.15) is 0 Å². The van der Waals surface area contributed by atoms with Crippen LogP contribution in [0.1, 0.15) is 49.7 Å². The van der Waals surface area contributed by atoms with Crippen molar-refractivity contribution in [3.63, 3.8) is 0 Å². The van der Waals surface area contributed by atoms with Crippen molar-refractivity contribution in [3.8, 4) is 0 Å². The molecule has 0 saturated heterocycles. The van der Waals surface area contributed by atoms with Crippen LogP contribution in [-0.2, 0) is 12.8 Å². The summed E-state index contributed by atoms with van der Waals surface area (Å²) in [6.07, 6.45) is 9.10. The van der Waals surface area contributed by atoms with Crippen molar-refractivity contribution in [2.45, 2.75) is 57.5 Å². The van der Waals surface area contributed by atoms with Crippen LogP contribution in [-0.4, -0.2) is 17.8 Å². The van der Waals surface area contributed by atoms with Crippen LogP contribution in [0.15, 0.2) is 24.3 Å². The predicted octanol–water partition coefficient (Wildman–Crippen LogP) is 3.06. The molecule has 2 aliphatic rings. The number of nitrogens with two attached hydrogens (primary N) is 1. The summed E-state index contributed by atoms with van der Waals surface area (Å²) >= 11 is 0. The molecule has 1 aromatic carbocycles. The molecule has 0 aliphatic heterocycles. The molecule has 0 bridgehead atoms. The Bertz CT molecular complexity index is 452. The first-order chi connectivity index (χ1) is 9.75. The Labute approximate surface area is 122 Å². The maximum absolute atomic E-state index is 11.0. The van der Waals surface area contributed by atoms with Gasteiger partial charge in [0.2, 0.25) is 0 Å². The smallest absolute Gasteiger partial charge is 0.0639 e. The molecule has 0 aromatic heterocycles. The van der Waals surface area contributed by atoms with Gasteiger partial charge in [0.1, 0.15) is 0 Å². The van der Waals surface area contributed by atoms with Gasteiger partial charge in [-0.1, -0.05) is 43.5 Å². The fourth-order valence-corrected chi connectivity index (χ4v) is 4.32. The second-order valence-electron chi connectivity index (χ2n) is 6.85. The van der Waals surface area contributed by atoms with E-state index >= 15 is 0 Å². The van der Waals surface area contributed by atoms with Crippen LogP contribution < -0.4 is 5.73 Å². The van der Waals surface area contributed by atoms with Gasteiger partial charge in [0.25, 0.3) is 0 Å². The van der Waals surface area contributed by atoms with E-state index in [2.05, 4.69) is 24.3 Å². The van der Waals surface area contributed by atoms with Crippen molar-refractivity contribution < 1.29 is 5.11 Å². The number of benzene rings is 1. The third-order valence-corrected chi connectivity index (χ3v) is 5.68. The Hall–Kier alpha value is -0.860. The zero-order valence-electron chi connectivity index (χ0n) is 12.4. The van der Waals surface area contributed by atoms with Gasteiger partial charge in [-0.05, 0) is 49.1 Å². The Balaban J connectivity index is 1.81. The lowest BCUT2D eigenvalue weighted by atomic mass is 9.63. The number of hydrogen-bond acceptors (Lipinski definition) is 2. The molecule has 2 nitrogen and oxygen atoms in total. The first-order valence-electron chi connectivity index (χ1n) is 8.20. The second kappa shape index (κ2) is 5.87. The highest BCUT2D eigenvalue weighted by Crippen LogP contribution is 2.43. The zero-order valence-corrected chi connectivity index (χ0v) is 12.4. The van der Waals surface area contributed by atoms with Gasteiger partial charge in [0.15, 0.2) is 0 Å². The maximum atomic E-state index is 11.0. The van der Waals surface area contributed by atoms with Crippen LogP contribution >= 0.6 is 0 Å². The summed E-state index contributed by atoms with van der Waals surface area (Å²) in [5, 5.41) is 11.0. The van der Waals surface area contributed by atoms with Crippen molar-refractivity contribution in [2.75, 3.05) is 6.54 Å². The lowest BCUT2D eigenvalue weighted by Crippen LogP contribution is -2.49. The SMILES string of the molecule is NCC1(C(O)C2CCCCC2)CCc2ccccc2C1. The molecule has 3 N–H and O–H groups in total.